The number of nitro groups is 1. The summed E-state index contributed by atoms with van der Waals surface area (Å²) in [5.41, 5.74) is -0.268. The molecule has 1 aliphatic rings. The number of nitrogens with one attached hydrogen (secondary N) is 1. The summed E-state index contributed by atoms with van der Waals surface area (Å²) < 4.78 is 0. The van der Waals surface area contributed by atoms with Crippen molar-refractivity contribution in [1.29, 1.82) is 0 Å². The molecule has 1 aliphatic heterocycles. The zero-order chi connectivity index (χ0) is 17.3. The maximum Gasteiger partial charge on any atom is 0.270 e. The molecule has 3 rings (SSSR count). The van der Waals surface area contributed by atoms with Crippen LogP contribution in [0.2, 0.25) is 0 Å². The molecule has 0 saturated heterocycles. The van der Waals surface area contributed by atoms with Crippen LogP contribution >= 0.6 is 11.3 Å². The monoisotopic (exact) mass is 345 g/mol. The van der Waals surface area contributed by atoms with Crippen molar-refractivity contribution in [2.45, 2.75) is 6.54 Å². The molecule has 24 heavy (non-hydrogen) atoms. The Morgan fingerprint density at radius 3 is 2.62 bits per heavy atom. The van der Waals surface area contributed by atoms with Crippen LogP contribution in [0.25, 0.3) is 0 Å². The van der Waals surface area contributed by atoms with Gasteiger partial charge < -0.3 is 5.32 Å². The van der Waals surface area contributed by atoms with E-state index in [0.717, 1.165) is 21.9 Å². The summed E-state index contributed by atoms with van der Waals surface area (Å²) in [6, 6.07) is 7.15. The number of carbonyl (C=O) groups excluding carboxylic acids is 3. The molecule has 0 unspecified atom stereocenters. The van der Waals surface area contributed by atoms with Gasteiger partial charge in [-0.1, -0.05) is 6.07 Å². The molecule has 2 heterocycles. The Hall–Kier alpha value is -3.07. The zero-order valence-electron chi connectivity index (χ0n) is 12.2. The summed E-state index contributed by atoms with van der Waals surface area (Å²) in [6.07, 6.45) is 0. The van der Waals surface area contributed by atoms with E-state index in [2.05, 4.69) is 5.32 Å². The summed E-state index contributed by atoms with van der Waals surface area (Å²) in [5.74, 6) is -1.81. The Balaban J connectivity index is 1.71. The highest BCUT2D eigenvalue weighted by Crippen LogP contribution is 2.26. The van der Waals surface area contributed by atoms with Gasteiger partial charge in [-0.2, -0.15) is 0 Å². The second-order valence-corrected chi connectivity index (χ2v) is 6.07. The van der Waals surface area contributed by atoms with Crippen molar-refractivity contribution in [2.24, 2.45) is 0 Å². The fourth-order valence-electron chi connectivity index (χ4n) is 2.33. The molecule has 0 bridgehead atoms. The van der Waals surface area contributed by atoms with Gasteiger partial charge in [0.15, 0.2) is 0 Å². The molecule has 2 aromatic rings. The van der Waals surface area contributed by atoms with Crippen LogP contribution in [0.1, 0.15) is 25.6 Å². The number of benzene rings is 1. The molecule has 1 N–H and O–H groups in total. The van der Waals surface area contributed by atoms with Crippen molar-refractivity contribution in [1.82, 2.24) is 10.2 Å². The minimum absolute atomic E-state index is 0.0553. The molecule has 9 heteroatoms. The molecule has 1 aromatic heterocycles. The molecule has 0 aliphatic carbocycles. The first-order valence-corrected chi connectivity index (χ1v) is 7.79. The number of fused-ring (bicyclic) bond motifs is 1. The smallest absolute Gasteiger partial charge is 0.270 e. The molecule has 0 radical (unpaired) electrons. The Kier molecular flexibility index (Phi) is 4.09. The molecule has 8 nitrogen and oxygen atoms in total. The summed E-state index contributed by atoms with van der Waals surface area (Å²) in [4.78, 5) is 48.3. The Morgan fingerprint density at radius 1 is 1.21 bits per heavy atom. The lowest BCUT2D eigenvalue weighted by atomic mass is 10.1. The molecular weight excluding hydrogens is 334 g/mol. The van der Waals surface area contributed by atoms with Crippen molar-refractivity contribution in [2.75, 3.05) is 6.54 Å². The highest BCUT2D eigenvalue weighted by Gasteiger charge is 2.37. The maximum atomic E-state index is 12.3. The minimum Gasteiger partial charge on any atom is -0.350 e. The molecule has 1 aromatic carbocycles. The maximum absolute atomic E-state index is 12.3. The van der Waals surface area contributed by atoms with Gasteiger partial charge in [0.05, 0.1) is 22.6 Å². The van der Waals surface area contributed by atoms with Crippen molar-refractivity contribution >= 4 is 34.7 Å². The van der Waals surface area contributed by atoms with E-state index >= 15 is 0 Å². The third-order valence-corrected chi connectivity index (χ3v) is 4.38. The molecular formula is C15H11N3O5S. The number of amides is 3. The van der Waals surface area contributed by atoms with Gasteiger partial charge in [-0.05, 0) is 17.5 Å². The van der Waals surface area contributed by atoms with Crippen LogP contribution in [-0.2, 0) is 11.3 Å². The van der Waals surface area contributed by atoms with E-state index in [1.807, 2.05) is 17.5 Å². The van der Waals surface area contributed by atoms with Gasteiger partial charge in [-0.3, -0.25) is 29.4 Å². The summed E-state index contributed by atoms with van der Waals surface area (Å²) in [7, 11) is 0. The van der Waals surface area contributed by atoms with E-state index < -0.39 is 29.2 Å². The van der Waals surface area contributed by atoms with Crippen molar-refractivity contribution in [3.05, 3.63) is 61.8 Å². The number of hydrogen-bond acceptors (Lipinski definition) is 6. The van der Waals surface area contributed by atoms with Crippen LogP contribution in [0.15, 0.2) is 35.7 Å². The third-order valence-electron chi connectivity index (χ3n) is 3.51. The Labute approximate surface area is 139 Å². The lowest BCUT2D eigenvalue weighted by Gasteiger charge is -2.13. The lowest BCUT2D eigenvalue weighted by molar-refractivity contribution is -0.384. The molecule has 0 fully saturated rings. The number of non-ortho nitro benzene ring substituents is 1. The van der Waals surface area contributed by atoms with Gasteiger partial charge in [-0.15, -0.1) is 11.3 Å². The van der Waals surface area contributed by atoms with Gasteiger partial charge in [0, 0.05) is 17.0 Å². The molecule has 0 saturated carbocycles. The van der Waals surface area contributed by atoms with Crippen LogP contribution in [-0.4, -0.2) is 34.1 Å². The van der Waals surface area contributed by atoms with Gasteiger partial charge in [0.2, 0.25) is 5.91 Å². The topological polar surface area (TPSA) is 110 Å². The van der Waals surface area contributed by atoms with E-state index in [9.17, 15) is 24.5 Å². The number of hydrogen-bond donors (Lipinski definition) is 1. The number of nitro benzene ring substituents is 1. The van der Waals surface area contributed by atoms with Gasteiger partial charge in [0.25, 0.3) is 17.5 Å². The molecule has 122 valence electrons. The molecule has 3 amide bonds. The predicted molar refractivity (Wildman–Crippen MR) is 84.6 cm³/mol. The Bertz CT molecular complexity index is 847. The third kappa shape index (κ3) is 2.88. The van der Waals surface area contributed by atoms with Gasteiger partial charge in [0.1, 0.15) is 6.54 Å². The number of thiophene rings is 1. The number of carbonyl (C=O) groups is 3. The van der Waals surface area contributed by atoms with E-state index in [1.165, 1.54) is 17.4 Å². The van der Waals surface area contributed by atoms with E-state index in [0.29, 0.717) is 6.54 Å². The highest BCUT2D eigenvalue weighted by atomic mass is 32.1. The zero-order valence-corrected chi connectivity index (χ0v) is 13.0. The van der Waals surface area contributed by atoms with Gasteiger partial charge in [-0.25, -0.2) is 0 Å². The second kappa shape index (κ2) is 6.20. The first kappa shape index (κ1) is 15.8. The number of nitrogens with zero attached hydrogens (tertiary/aromatic N) is 2. The van der Waals surface area contributed by atoms with E-state index in [-0.39, 0.29) is 16.8 Å². The fraction of sp³-hybridized carbons (Fsp3) is 0.133. The highest BCUT2D eigenvalue weighted by molar-refractivity contribution is 7.09. The van der Waals surface area contributed by atoms with Crippen LogP contribution in [0.3, 0.4) is 0 Å². The summed E-state index contributed by atoms with van der Waals surface area (Å²) >= 11 is 1.48. The van der Waals surface area contributed by atoms with Crippen LogP contribution in [0, 0.1) is 10.1 Å². The van der Waals surface area contributed by atoms with Crippen LogP contribution in [0.5, 0.6) is 0 Å². The standard InChI is InChI=1S/C15H11N3O5S/c19-13(16-7-10-2-1-5-24-10)8-17-14(20)11-4-3-9(18(22)23)6-12(11)15(17)21/h1-6H,7-8H2,(H,16,19). The van der Waals surface area contributed by atoms with Gasteiger partial charge >= 0.3 is 0 Å². The number of imide groups is 1. The second-order valence-electron chi connectivity index (χ2n) is 5.04. The van der Waals surface area contributed by atoms with E-state index in [4.69, 9.17) is 0 Å². The largest absolute Gasteiger partial charge is 0.350 e. The Morgan fingerprint density at radius 2 is 1.96 bits per heavy atom. The minimum atomic E-state index is -0.704. The fourth-order valence-corrected chi connectivity index (χ4v) is 2.98. The van der Waals surface area contributed by atoms with Crippen molar-refractivity contribution in [3.63, 3.8) is 0 Å². The number of rotatable bonds is 5. The van der Waals surface area contributed by atoms with Crippen LogP contribution in [0.4, 0.5) is 5.69 Å². The lowest BCUT2D eigenvalue weighted by Crippen LogP contribution is -2.40. The summed E-state index contributed by atoms with van der Waals surface area (Å²) in [5, 5.41) is 15.3. The van der Waals surface area contributed by atoms with Crippen molar-refractivity contribution < 1.29 is 19.3 Å². The van der Waals surface area contributed by atoms with Crippen molar-refractivity contribution in [3.8, 4) is 0 Å². The molecule has 0 atom stereocenters. The first-order chi connectivity index (χ1) is 11.5. The normalized spacial score (nSPS) is 13.1. The first-order valence-electron chi connectivity index (χ1n) is 6.91. The van der Waals surface area contributed by atoms with Crippen LogP contribution < -0.4 is 5.32 Å². The van der Waals surface area contributed by atoms with E-state index in [1.54, 1.807) is 0 Å². The summed E-state index contributed by atoms with van der Waals surface area (Å²) in [6.45, 7) is -0.114. The average molecular weight is 345 g/mol. The predicted octanol–water partition coefficient (Wildman–Crippen LogP) is 1.57. The molecule has 0 spiro atoms. The average Bonchev–Trinajstić information content (AvgIpc) is 3.16. The SMILES string of the molecule is O=C(CN1C(=O)c2ccc([N+](=O)[O-])cc2C1=O)NCc1cccs1. The quantitative estimate of drug-likeness (QED) is 0.502.